The van der Waals surface area contributed by atoms with Crippen molar-refractivity contribution >= 4 is 10.2 Å². The lowest BCUT2D eigenvalue weighted by molar-refractivity contribution is 0.354. The Labute approximate surface area is 107 Å². The Kier molecular flexibility index (Phi) is 4.27. The van der Waals surface area contributed by atoms with Crippen LogP contribution in [-0.2, 0) is 23.3 Å². The molecule has 2 rings (SSSR count). The highest BCUT2D eigenvalue weighted by Gasteiger charge is 2.23. The number of hydrogen-bond acceptors (Lipinski definition) is 5. The van der Waals surface area contributed by atoms with Crippen molar-refractivity contribution in [3.8, 4) is 0 Å². The first-order valence-corrected chi connectivity index (χ1v) is 7.39. The number of piperazine rings is 1. The second-order valence-corrected chi connectivity index (χ2v) is 5.76. The van der Waals surface area contributed by atoms with Crippen molar-refractivity contribution in [1.82, 2.24) is 29.1 Å². The third-order valence-electron chi connectivity index (χ3n) is 2.86. The fourth-order valence-corrected chi connectivity index (χ4v) is 2.97. The Hall–Kier alpha value is -1.03. The summed E-state index contributed by atoms with van der Waals surface area (Å²) < 4.78 is 29.8. The number of nitrogens with zero attached hydrogens (tertiary/aromatic N) is 4. The van der Waals surface area contributed by atoms with E-state index in [0.717, 1.165) is 6.54 Å². The number of aryl methyl sites for hydroxylation is 1. The fraction of sp³-hybridized carbons (Fsp3) is 0.778. The minimum atomic E-state index is -3.42. The monoisotopic (exact) mass is 274 g/mol. The van der Waals surface area contributed by atoms with E-state index in [-0.39, 0.29) is 6.54 Å². The van der Waals surface area contributed by atoms with Gasteiger partial charge in [0.2, 0.25) is 0 Å². The zero-order chi connectivity index (χ0) is 13.0. The summed E-state index contributed by atoms with van der Waals surface area (Å²) in [6.45, 7) is 5.21. The summed E-state index contributed by atoms with van der Waals surface area (Å²) in [5.41, 5.74) is 0. The molecule has 0 saturated carbocycles. The average molecular weight is 274 g/mol. The first kappa shape index (κ1) is 13.4. The Morgan fingerprint density at radius 3 is 2.83 bits per heavy atom. The molecule has 1 fully saturated rings. The molecule has 1 aromatic rings. The lowest BCUT2D eigenvalue weighted by Gasteiger charge is -2.26. The van der Waals surface area contributed by atoms with Gasteiger partial charge in [-0.3, -0.25) is 0 Å². The molecule has 0 amide bonds. The Morgan fingerprint density at radius 2 is 2.17 bits per heavy atom. The SMILES string of the molecule is CCn1cnnc1CNS(=O)(=O)N1CCNCC1. The maximum absolute atomic E-state index is 12.0. The highest BCUT2D eigenvalue weighted by molar-refractivity contribution is 7.87. The van der Waals surface area contributed by atoms with Crippen LogP contribution in [0.4, 0.5) is 0 Å². The number of hydrogen-bond donors (Lipinski definition) is 2. The normalized spacial score (nSPS) is 18.1. The molecule has 2 heterocycles. The first-order valence-electron chi connectivity index (χ1n) is 5.95. The van der Waals surface area contributed by atoms with Crippen molar-refractivity contribution in [2.24, 2.45) is 0 Å². The largest absolute Gasteiger partial charge is 0.317 e. The maximum atomic E-state index is 12.0. The summed E-state index contributed by atoms with van der Waals surface area (Å²) in [7, 11) is -3.42. The highest BCUT2D eigenvalue weighted by atomic mass is 32.2. The lowest BCUT2D eigenvalue weighted by atomic mass is 10.4. The molecule has 0 aliphatic carbocycles. The Bertz CT molecular complexity index is 479. The maximum Gasteiger partial charge on any atom is 0.279 e. The van der Waals surface area contributed by atoms with Crippen LogP contribution in [0, 0.1) is 0 Å². The van der Waals surface area contributed by atoms with Gasteiger partial charge in [0.1, 0.15) is 12.2 Å². The first-order chi connectivity index (χ1) is 8.63. The van der Waals surface area contributed by atoms with Crippen molar-refractivity contribution in [3.63, 3.8) is 0 Å². The molecule has 1 aliphatic heterocycles. The molecule has 0 radical (unpaired) electrons. The minimum absolute atomic E-state index is 0.167. The van der Waals surface area contributed by atoms with Gasteiger partial charge in [0, 0.05) is 32.7 Å². The van der Waals surface area contributed by atoms with Crippen molar-refractivity contribution in [1.29, 1.82) is 0 Å². The van der Waals surface area contributed by atoms with Crippen LogP contribution in [0.1, 0.15) is 12.7 Å². The standard InChI is InChI=1S/C9H18N6O2S/c1-2-14-8-11-13-9(14)7-12-18(16,17)15-5-3-10-4-6-15/h8,10,12H,2-7H2,1H3. The smallest absolute Gasteiger partial charge is 0.279 e. The topological polar surface area (TPSA) is 92.1 Å². The minimum Gasteiger partial charge on any atom is -0.317 e. The van der Waals surface area contributed by atoms with E-state index < -0.39 is 10.2 Å². The summed E-state index contributed by atoms with van der Waals surface area (Å²) >= 11 is 0. The Balaban J connectivity index is 1.96. The van der Waals surface area contributed by atoms with Gasteiger partial charge < -0.3 is 9.88 Å². The molecular weight excluding hydrogens is 256 g/mol. The molecule has 18 heavy (non-hydrogen) atoms. The molecular formula is C9H18N6O2S. The Morgan fingerprint density at radius 1 is 1.44 bits per heavy atom. The second kappa shape index (κ2) is 5.74. The van der Waals surface area contributed by atoms with E-state index in [1.54, 1.807) is 10.9 Å². The van der Waals surface area contributed by atoms with E-state index in [9.17, 15) is 8.42 Å². The van der Waals surface area contributed by atoms with Crippen LogP contribution < -0.4 is 10.0 Å². The van der Waals surface area contributed by atoms with Gasteiger partial charge in [0.15, 0.2) is 0 Å². The van der Waals surface area contributed by atoms with Gasteiger partial charge in [-0.1, -0.05) is 0 Å². The predicted molar refractivity (Wildman–Crippen MR) is 65.9 cm³/mol. The third-order valence-corrected chi connectivity index (χ3v) is 4.42. The van der Waals surface area contributed by atoms with E-state index in [1.165, 1.54) is 4.31 Å². The van der Waals surface area contributed by atoms with E-state index in [0.29, 0.717) is 32.0 Å². The highest BCUT2D eigenvalue weighted by Crippen LogP contribution is 2.02. The summed E-state index contributed by atoms with van der Waals surface area (Å²) in [5.74, 6) is 0.621. The number of aromatic nitrogens is 3. The van der Waals surface area contributed by atoms with Gasteiger partial charge in [-0.25, -0.2) is 0 Å². The van der Waals surface area contributed by atoms with Gasteiger partial charge in [0.25, 0.3) is 10.2 Å². The van der Waals surface area contributed by atoms with E-state index in [1.807, 2.05) is 6.92 Å². The number of rotatable bonds is 5. The van der Waals surface area contributed by atoms with Gasteiger partial charge in [-0.2, -0.15) is 17.4 Å². The molecule has 1 aromatic heterocycles. The van der Waals surface area contributed by atoms with Crippen molar-refractivity contribution in [2.45, 2.75) is 20.0 Å². The molecule has 1 aliphatic rings. The van der Waals surface area contributed by atoms with Gasteiger partial charge in [-0.05, 0) is 6.92 Å². The van der Waals surface area contributed by atoms with Crippen LogP contribution in [-0.4, -0.2) is 53.7 Å². The molecule has 0 aromatic carbocycles. The summed E-state index contributed by atoms with van der Waals surface area (Å²) in [4.78, 5) is 0. The molecule has 1 saturated heterocycles. The summed E-state index contributed by atoms with van der Waals surface area (Å²) in [6, 6.07) is 0. The third kappa shape index (κ3) is 3.05. The quantitative estimate of drug-likeness (QED) is 0.684. The van der Waals surface area contributed by atoms with Crippen molar-refractivity contribution in [3.05, 3.63) is 12.2 Å². The van der Waals surface area contributed by atoms with Crippen LogP contribution in [0.5, 0.6) is 0 Å². The molecule has 2 N–H and O–H groups in total. The van der Waals surface area contributed by atoms with E-state index in [2.05, 4.69) is 20.2 Å². The van der Waals surface area contributed by atoms with Crippen LogP contribution in [0.25, 0.3) is 0 Å². The molecule has 8 nitrogen and oxygen atoms in total. The van der Waals surface area contributed by atoms with Crippen LogP contribution in [0.15, 0.2) is 6.33 Å². The van der Waals surface area contributed by atoms with Gasteiger partial charge >= 0.3 is 0 Å². The zero-order valence-corrected chi connectivity index (χ0v) is 11.2. The van der Waals surface area contributed by atoms with Gasteiger partial charge in [-0.15, -0.1) is 10.2 Å². The second-order valence-electron chi connectivity index (χ2n) is 4.01. The molecule has 9 heteroatoms. The van der Waals surface area contributed by atoms with E-state index in [4.69, 9.17) is 0 Å². The summed E-state index contributed by atoms with van der Waals surface area (Å²) in [6.07, 6.45) is 1.59. The lowest BCUT2D eigenvalue weighted by Crippen LogP contribution is -2.50. The average Bonchev–Trinajstić information content (AvgIpc) is 2.85. The van der Waals surface area contributed by atoms with Crippen LogP contribution in [0.2, 0.25) is 0 Å². The van der Waals surface area contributed by atoms with Gasteiger partial charge in [0.05, 0.1) is 6.54 Å². The summed E-state index contributed by atoms with van der Waals surface area (Å²) in [5, 5.41) is 10.8. The predicted octanol–water partition coefficient (Wildman–Crippen LogP) is -1.46. The molecule has 102 valence electrons. The molecule has 0 atom stereocenters. The fourth-order valence-electron chi connectivity index (χ4n) is 1.81. The van der Waals surface area contributed by atoms with E-state index >= 15 is 0 Å². The van der Waals surface area contributed by atoms with Crippen molar-refractivity contribution in [2.75, 3.05) is 26.2 Å². The van der Waals surface area contributed by atoms with Crippen molar-refractivity contribution < 1.29 is 8.42 Å². The molecule has 0 spiro atoms. The van der Waals surface area contributed by atoms with Crippen LogP contribution >= 0.6 is 0 Å². The number of nitrogens with one attached hydrogen (secondary N) is 2. The molecule has 0 bridgehead atoms. The zero-order valence-electron chi connectivity index (χ0n) is 10.3. The molecule has 0 unspecified atom stereocenters. The van der Waals surface area contributed by atoms with Crippen LogP contribution in [0.3, 0.4) is 0 Å².